The highest BCUT2D eigenvalue weighted by Gasteiger charge is 2.16. The van der Waals surface area contributed by atoms with E-state index in [1.165, 1.54) is 0 Å². The van der Waals surface area contributed by atoms with E-state index in [4.69, 9.17) is 5.73 Å². The third-order valence-corrected chi connectivity index (χ3v) is 3.34. The van der Waals surface area contributed by atoms with Crippen LogP contribution in [0.1, 0.15) is 27.0 Å². The maximum Gasteiger partial charge on any atom is 0.260 e. The van der Waals surface area contributed by atoms with Gasteiger partial charge in [0.1, 0.15) is 0 Å². The molecule has 0 radical (unpaired) electrons. The van der Waals surface area contributed by atoms with E-state index < -0.39 is 0 Å². The first-order chi connectivity index (χ1) is 9.38. The van der Waals surface area contributed by atoms with Crippen LogP contribution >= 0.6 is 0 Å². The number of hydrogen-bond acceptors (Lipinski definition) is 2. The Balaban J connectivity index is 2.39. The van der Waals surface area contributed by atoms with Crippen LogP contribution in [-0.2, 0) is 0 Å². The molecule has 0 unspecified atom stereocenters. The van der Waals surface area contributed by atoms with E-state index in [0.29, 0.717) is 11.3 Å². The normalized spacial score (nSPS) is 10.4. The number of amides is 1. The number of benzene rings is 2. The molecule has 0 atom stereocenters. The van der Waals surface area contributed by atoms with Crippen LogP contribution in [0.5, 0.6) is 0 Å². The van der Waals surface area contributed by atoms with Gasteiger partial charge in [-0.25, -0.2) is 0 Å². The molecule has 20 heavy (non-hydrogen) atoms. The van der Waals surface area contributed by atoms with Crippen molar-refractivity contribution < 1.29 is 4.79 Å². The summed E-state index contributed by atoms with van der Waals surface area (Å²) in [6, 6.07) is 11.6. The lowest BCUT2D eigenvalue weighted by Gasteiger charge is -2.20. The SMILES string of the molecule is Cc1cc(C)cc(N(C)C(=O)c2cc(C)ccc2N)c1. The van der Waals surface area contributed by atoms with Gasteiger partial charge >= 0.3 is 0 Å². The van der Waals surface area contributed by atoms with Crippen LogP contribution in [0.15, 0.2) is 36.4 Å². The lowest BCUT2D eigenvalue weighted by molar-refractivity contribution is 0.0994. The summed E-state index contributed by atoms with van der Waals surface area (Å²) in [6.07, 6.45) is 0. The van der Waals surface area contributed by atoms with Crippen molar-refractivity contribution in [3.8, 4) is 0 Å². The summed E-state index contributed by atoms with van der Waals surface area (Å²) in [7, 11) is 1.78. The Morgan fingerprint density at radius 3 is 2.15 bits per heavy atom. The Labute approximate surface area is 120 Å². The third-order valence-electron chi connectivity index (χ3n) is 3.34. The van der Waals surface area contributed by atoms with Crippen molar-refractivity contribution in [1.82, 2.24) is 0 Å². The number of rotatable bonds is 2. The van der Waals surface area contributed by atoms with Crippen LogP contribution < -0.4 is 10.6 Å². The second-order valence-electron chi connectivity index (χ2n) is 5.30. The molecule has 2 aromatic carbocycles. The molecule has 0 aliphatic rings. The second-order valence-corrected chi connectivity index (χ2v) is 5.30. The van der Waals surface area contributed by atoms with Crippen LogP contribution in [0, 0.1) is 20.8 Å². The van der Waals surface area contributed by atoms with Gasteiger partial charge in [-0.3, -0.25) is 4.79 Å². The second kappa shape index (κ2) is 5.37. The number of carbonyl (C=O) groups is 1. The molecule has 1 amide bonds. The number of nitrogen functional groups attached to an aromatic ring is 1. The standard InChI is InChI=1S/C17H20N2O/c1-11-5-6-16(18)15(10-11)17(20)19(4)14-8-12(2)7-13(3)9-14/h5-10H,18H2,1-4H3. The summed E-state index contributed by atoms with van der Waals surface area (Å²) in [5.41, 5.74) is 11.2. The molecule has 3 heteroatoms. The Kier molecular flexibility index (Phi) is 3.79. The number of carbonyl (C=O) groups excluding carboxylic acids is 1. The fraction of sp³-hybridized carbons (Fsp3) is 0.235. The predicted octanol–water partition coefficient (Wildman–Crippen LogP) is 3.47. The summed E-state index contributed by atoms with van der Waals surface area (Å²) in [6.45, 7) is 6.00. The molecule has 104 valence electrons. The summed E-state index contributed by atoms with van der Waals surface area (Å²) in [5, 5.41) is 0. The van der Waals surface area contributed by atoms with Gasteiger partial charge < -0.3 is 10.6 Å². The van der Waals surface area contributed by atoms with E-state index in [1.54, 1.807) is 18.0 Å². The van der Waals surface area contributed by atoms with Gasteiger partial charge in [-0.2, -0.15) is 0 Å². The number of hydrogen-bond donors (Lipinski definition) is 1. The molecule has 0 heterocycles. The lowest BCUT2D eigenvalue weighted by atomic mass is 10.1. The highest BCUT2D eigenvalue weighted by atomic mass is 16.2. The molecule has 2 aromatic rings. The van der Waals surface area contributed by atoms with Crippen LogP contribution in [-0.4, -0.2) is 13.0 Å². The smallest absolute Gasteiger partial charge is 0.260 e. The average Bonchev–Trinajstić information content (AvgIpc) is 2.38. The number of nitrogens with zero attached hydrogens (tertiary/aromatic N) is 1. The molecule has 0 aliphatic heterocycles. The molecule has 0 bridgehead atoms. The van der Waals surface area contributed by atoms with Crippen LogP contribution in [0.2, 0.25) is 0 Å². The summed E-state index contributed by atoms with van der Waals surface area (Å²) < 4.78 is 0. The summed E-state index contributed by atoms with van der Waals surface area (Å²) >= 11 is 0. The van der Waals surface area contributed by atoms with Crippen molar-refractivity contribution in [3.63, 3.8) is 0 Å². The van der Waals surface area contributed by atoms with Crippen LogP contribution in [0.3, 0.4) is 0 Å². The first-order valence-electron chi connectivity index (χ1n) is 6.61. The average molecular weight is 268 g/mol. The minimum absolute atomic E-state index is 0.0869. The van der Waals surface area contributed by atoms with E-state index in [2.05, 4.69) is 6.07 Å². The Hall–Kier alpha value is -2.29. The largest absolute Gasteiger partial charge is 0.398 e. The first-order valence-corrected chi connectivity index (χ1v) is 6.61. The van der Waals surface area contributed by atoms with Gasteiger partial charge in [0.15, 0.2) is 0 Å². The van der Waals surface area contributed by atoms with Crippen molar-refractivity contribution in [1.29, 1.82) is 0 Å². The molecule has 0 spiro atoms. The Morgan fingerprint density at radius 2 is 1.55 bits per heavy atom. The molecule has 0 fully saturated rings. The van der Waals surface area contributed by atoms with Crippen molar-refractivity contribution in [2.45, 2.75) is 20.8 Å². The fourth-order valence-corrected chi connectivity index (χ4v) is 2.30. The van der Waals surface area contributed by atoms with Gasteiger partial charge in [0, 0.05) is 18.4 Å². The molecule has 3 nitrogen and oxygen atoms in total. The first kappa shape index (κ1) is 14.1. The van der Waals surface area contributed by atoms with Gasteiger partial charge in [-0.15, -0.1) is 0 Å². The third kappa shape index (κ3) is 2.82. The molecule has 0 saturated heterocycles. The van der Waals surface area contributed by atoms with E-state index in [0.717, 1.165) is 22.4 Å². The van der Waals surface area contributed by atoms with E-state index in [9.17, 15) is 4.79 Å². The number of aryl methyl sites for hydroxylation is 3. The lowest BCUT2D eigenvalue weighted by Crippen LogP contribution is -2.27. The zero-order valence-electron chi connectivity index (χ0n) is 12.4. The predicted molar refractivity (Wildman–Crippen MR) is 84.2 cm³/mol. The number of nitrogens with two attached hydrogens (primary N) is 1. The van der Waals surface area contributed by atoms with Gasteiger partial charge in [0.05, 0.1) is 5.56 Å². The molecule has 0 aromatic heterocycles. The van der Waals surface area contributed by atoms with Crippen molar-refractivity contribution in [2.75, 3.05) is 17.7 Å². The van der Waals surface area contributed by atoms with E-state index >= 15 is 0 Å². The Morgan fingerprint density at radius 1 is 0.950 bits per heavy atom. The zero-order valence-corrected chi connectivity index (χ0v) is 12.4. The molecule has 0 saturated carbocycles. The van der Waals surface area contributed by atoms with Crippen molar-refractivity contribution >= 4 is 17.3 Å². The molecule has 2 N–H and O–H groups in total. The fourth-order valence-electron chi connectivity index (χ4n) is 2.30. The van der Waals surface area contributed by atoms with E-state index in [1.807, 2.05) is 45.0 Å². The van der Waals surface area contributed by atoms with Crippen LogP contribution in [0.4, 0.5) is 11.4 Å². The number of anilines is 2. The highest BCUT2D eigenvalue weighted by Crippen LogP contribution is 2.22. The van der Waals surface area contributed by atoms with Crippen molar-refractivity contribution in [2.24, 2.45) is 0 Å². The minimum Gasteiger partial charge on any atom is -0.398 e. The van der Waals surface area contributed by atoms with Gasteiger partial charge in [-0.05, 0) is 56.2 Å². The summed E-state index contributed by atoms with van der Waals surface area (Å²) in [4.78, 5) is 14.2. The maximum absolute atomic E-state index is 12.6. The monoisotopic (exact) mass is 268 g/mol. The highest BCUT2D eigenvalue weighted by molar-refractivity contribution is 6.09. The summed E-state index contributed by atoms with van der Waals surface area (Å²) in [5.74, 6) is -0.0869. The maximum atomic E-state index is 12.6. The topological polar surface area (TPSA) is 46.3 Å². The van der Waals surface area contributed by atoms with Gasteiger partial charge in [-0.1, -0.05) is 17.7 Å². The zero-order chi connectivity index (χ0) is 14.9. The molecular formula is C17H20N2O. The molecule has 2 rings (SSSR count). The van der Waals surface area contributed by atoms with Crippen molar-refractivity contribution in [3.05, 3.63) is 58.7 Å². The molecule has 0 aliphatic carbocycles. The quantitative estimate of drug-likeness (QED) is 0.848. The van der Waals surface area contributed by atoms with Gasteiger partial charge in [0.25, 0.3) is 5.91 Å². The Bertz CT molecular complexity index is 642. The van der Waals surface area contributed by atoms with Crippen LogP contribution in [0.25, 0.3) is 0 Å². The minimum atomic E-state index is -0.0869. The van der Waals surface area contributed by atoms with E-state index in [-0.39, 0.29) is 5.91 Å². The van der Waals surface area contributed by atoms with Gasteiger partial charge in [0.2, 0.25) is 0 Å². The molecular weight excluding hydrogens is 248 g/mol.